The van der Waals surface area contributed by atoms with Crippen LogP contribution in [0.15, 0.2) is 11.6 Å². The fourth-order valence-corrected chi connectivity index (χ4v) is 9.40. The van der Waals surface area contributed by atoms with Gasteiger partial charge in [-0.25, -0.2) is 0 Å². The van der Waals surface area contributed by atoms with Crippen LogP contribution in [0.1, 0.15) is 72.1 Å². The number of ketones is 2. The maximum Gasteiger partial charge on any atom is 0.155 e. The average Bonchev–Trinajstić information content (AvgIpc) is 3.50. The highest BCUT2D eigenvalue weighted by molar-refractivity contribution is 5.92. The van der Waals surface area contributed by atoms with Crippen molar-refractivity contribution < 1.29 is 9.59 Å². The van der Waals surface area contributed by atoms with Crippen molar-refractivity contribution in [3.8, 4) is 0 Å². The quantitative estimate of drug-likeness (QED) is 0.686. The van der Waals surface area contributed by atoms with E-state index in [-0.39, 0.29) is 0 Å². The summed E-state index contributed by atoms with van der Waals surface area (Å²) >= 11 is 0. The van der Waals surface area contributed by atoms with Crippen molar-refractivity contribution in [1.29, 1.82) is 0 Å². The van der Waals surface area contributed by atoms with E-state index >= 15 is 0 Å². The molecule has 5 saturated carbocycles. The van der Waals surface area contributed by atoms with Crippen molar-refractivity contribution in [2.24, 2.45) is 58.2 Å². The highest BCUT2D eigenvalue weighted by Crippen LogP contribution is 2.80. The van der Waals surface area contributed by atoms with E-state index in [1.807, 2.05) is 0 Å². The van der Waals surface area contributed by atoms with Crippen molar-refractivity contribution in [3.05, 3.63) is 11.6 Å². The van der Waals surface area contributed by atoms with Crippen LogP contribution >= 0.6 is 0 Å². The fourth-order valence-electron chi connectivity index (χ4n) is 9.40. The first kappa shape index (κ1) is 17.0. The molecule has 0 aromatic rings. The van der Waals surface area contributed by atoms with Crippen molar-refractivity contribution in [2.75, 3.05) is 0 Å². The molecule has 0 spiro atoms. The van der Waals surface area contributed by atoms with Crippen molar-refractivity contribution in [2.45, 2.75) is 72.1 Å². The van der Waals surface area contributed by atoms with Gasteiger partial charge in [0.05, 0.1) is 0 Å². The summed E-state index contributed by atoms with van der Waals surface area (Å²) in [6.45, 7) is 6.90. The Kier molecular flexibility index (Phi) is 3.25. The topological polar surface area (TPSA) is 34.1 Å². The van der Waals surface area contributed by atoms with Crippen molar-refractivity contribution >= 4 is 11.6 Å². The maximum absolute atomic E-state index is 12.1. The van der Waals surface area contributed by atoms with Gasteiger partial charge in [0.25, 0.3) is 0 Å². The van der Waals surface area contributed by atoms with E-state index in [0.29, 0.717) is 22.4 Å². The van der Waals surface area contributed by atoms with Crippen LogP contribution in [0.3, 0.4) is 0 Å². The Balaban J connectivity index is 1.36. The van der Waals surface area contributed by atoms with Crippen LogP contribution in [0.5, 0.6) is 0 Å². The van der Waals surface area contributed by atoms with Crippen LogP contribution in [0.25, 0.3) is 0 Å². The van der Waals surface area contributed by atoms with Crippen LogP contribution in [0.2, 0.25) is 0 Å². The van der Waals surface area contributed by atoms with Crippen molar-refractivity contribution in [3.63, 3.8) is 0 Å². The third-order valence-corrected chi connectivity index (χ3v) is 10.6. The van der Waals surface area contributed by atoms with E-state index < -0.39 is 0 Å². The zero-order valence-corrected chi connectivity index (χ0v) is 17.2. The van der Waals surface area contributed by atoms with Gasteiger partial charge in [-0.05, 0) is 110 Å². The molecular formula is C25H34O2. The Morgan fingerprint density at radius 3 is 2.74 bits per heavy atom. The fraction of sp³-hybridized carbons (Fsp3) is 0.840. The Morgan fingerprint density at radius 1 is 1.15 bits per heavy atom. The molecule has 0 aromatic heterocycles. The second-order valence-electron chi connectivity index (χ2n) is 11.7. The molecule has 10 atom stereocenters. The molecule has 146 valence electrons. The molecule has 0 saturated heterocycles. The van der Waals surface area contributed by atoms with Gasteiger partial charge in [0.1, 0.15) is 5.78 Å². The summed E-state index contributed by atoms with van der Waals surface area (Å²) in [5.74, 6) is 7.67. The molecule has 0 N–H and O–H groups in total. The predicted molar refractivity (Wildman–Crippen MR) is 105 cm³/mol. The molecule has 0 radical (unpaired) electrons. The molecule has 6 rings (SSSR count). The second-order valence-corrected chi connectivity index (χ2v) is 11.7. The SMILES string of the molecule is CC(=O)CC[C@@H]1[C@H]2C[C@H]2C2C3C(CC[C@@]21C)[C@@]1(C)CCC(=O)C=C1[C@@H]1C[C@H]31. The van der Waals surface area contributed by atoms with E-state index in [1.54, 1.807) is 12.5 Å². The van der Waals surface area contributed by atoms with Crippen molar-refractivity contribution in [1.82, 2.24) is 0 Å². The summed E-state index contributed by atoms with van der Waals surface area (Å²) in [6.07, 6.45) is 11.4. The third-order valence-electron chi connectivity index (χ3n) is 10.6. The molecule has 27 heavy (non-hydrogen) atoms. The molecule has 2 nitrogen and oxygen atoms in total. The minimum atomic E-state index is 0.305. The normalized spacial score (nSPS) is 56.9. The van der Waals surface area contributed by atoms with E-state index in [0.717, 1.165) is 73.0 Å². The Morgan fingerprint density at radius 2 is 1.96 bits per heavy atom. The van der Waals surface area contributed by atoms with E-state index in [1.165, 1.54) is 25.7 Å². The highest BCUT2D eigenvalue weighted by atomic mass is 16.1. The highest BCUT2D eigenvalue weighted by Gasteiger charge is 2.73. The standard InChI is InChI=1S/C25H34O2/c1-13(26)4-5-19-16-12-18(16)23-22-17-11-15(17)21-10-14(27)6-8-24(21,2)20(22)7-9-25(19,23)3/h10,15-20,22-23H,4-9,11-12H2,1-3H3/t15-,16+,17+,18-,19-,20?,22?,23?,24-,25-/m1/s1. The van der Waals surface area contributed by atoms with Crippen LogP contribution < -0.4 is 0 Å². The van der Waals surface area contributed by atoms with Crippen LogP contribution in [0, 0.1) is 58.2 Å². The van der Waals surface area contributed by atoms with Gasteiger partial charge in [0.15, 0.2) is 5.78 Å². The summed E-state index contributed by atoms with van der Waals surface area (Å²) in [7, 11) is 0. The molecule has 0 aliphatic heterocycles. The molecule has 0 amide bonds. The molecule has 0 bridgehead atoms. The van der Waals surface area contributed by atoms with Gasteiger partial charge in [-0.15, -0.1) is 0 Å². The lowest BCUT2D eigenvalue weighted by Gasteiger charge is -2.59. The molecule has 6 aliphatic rings. The smallest absolute Gasteiger partial charge is 0.155 e. The monoisotopic (exact) mass is 366 g/mol. The minimum absolute atomic E-state index is 0.305. The molecule has 0 aromatic carbocycles. The van der Waals surface area contributed by atoms with E-state index in [4.69, 9.17) is 0 Å². The Bertz CT molecular complexity index is 764. The number of fused-ring (bicyclic) bond motifs is 10. The van der Waals surface area contributed by atoms with Crippen LogP contribution in [0.4, 0.5) is 0 Å². The second kappa shape index (κ2) is 5.16. The van der Waals surface area contributed by atoms with Gasteiger partial charge in [-0.1, -0.05) is 19.4 Å². The predicted octanol–water partition coefficient (Wildman–Crippen LogP) is 5.22. The molecular weight excluding hydrogens is 332 g/mol. The number of allylic oxidation sites excluding steroid dienone is 1. The lowest BCUT2D eigenvalue weighted by molar-refractivity contribution is -0.120. The third kappa shape index (κ3) is 2.08. The zero-order valence-electron chi connectivity index (χ0n) is 17.2. The van der Waals surface area contributed by atoms with E-state index in [9.17, 15) is 9.59 Å². The summed E-state index contributed by atoms with van der Waals surface area (Å²) in [5, 5.41) is 0. The lowest BCUT2D eigenvalue weighted by atomic mass is 9.45. The van der Waals surface area contributed by atoms with Crippen LogP contribution in [-0.2, 0) is 9.59 Å². The average molecular weight is 367 g/mol. The molecule has 2 heteroatoms. The van der Waals surface area contributed by atoms with Gasteiger partial charge in [-0.3, -0.25) is 4.79 Å². The first-order valence-electron chi connectivity index (χ1n) is 11.6. The zero-order chi connectivity index (χ0) is 18.7. The van der Waals surface area contributed by atoms with Gasteiger partial charge in [0, 0.05) is 12.8 Å². The first-order chi connectivity index (χ1) is 12.8. The van der Waals surface area contributed by atoms with Gasteiger partial charge in [0.2, 0.25) is 0 Å². The molecule has 0 heterocycles. The summed E-state index contributed by atoms with van der Waals surface area (Å²) in [5.41, 5.74) is 2.35. The number of hydrogen-bond donors (Lipinski definition) is 0. The number of carbonyl (C=O) groups is 2. The van der Waals surface area contributed by atoms with Gasteiger partial charge < -0.3 is 4.79 Å². The number of Topliss-reactive ketones (excluding diaryl/α,β-unsaturated/α-hetero) is 1. The number of hydrogen-bond acceptors (Lipinski definition) is 2. The first-order valence-corrected chi connectivity index (χ1v) is 11.6. The largest absolute Gasteiger partial charge is 0.300 e. The van der Waals surface area contributed by atoms with E-state index in [2.05, 4.69) is 19.9 Å². The van der Waals surface area contributed by atoms with Gasteiger partial charge >= 0.3 is 0 Å². The summed E-state index contributed by atoms with van der Waals surface area (Å²) < 4.78 is 0. The summed E-state index contributed by atoms with van der Waals surface area (Å²) in [4.78, 5) is 23.8. The molecule has 3 unspecified atom stereocenters. The number of rotatable bonds is 3. The lowest BCUT2D eigenvalue weighted by Crippen LogP contribution is -2.52. The molecule has 6 aliphatic carbocycles. The molecule has 5 fully saturated rings. The maximum atomic E-state index is 12.1. The minimum Gasteiger partial charge on any atom is -0.300 e. The summed E-state index contributed by atoms with van der Waals surface area (Å²) in [6, 6.07) is 0. The Hall–Kier alpha value is -0.920. The number of carbonyl (C=O) groups excluding carboxylic acids is 2. The Labute approximate surface area is 163 Å². The van der Waals surface area contributed by atoms with Crippen LogP contribution in [-0.4, -0.2) is 11.6 Å². The van der Waals surface area contributed by atoms with Gasteiger partial charge in [-0.2, -0.15) is 0 Å².